The number of benzene rings is 1. The van der Waals surface area contributed by atoms with Gasteiger partial charge in [-0.05, 0) is 50.7 Å². The molecule has 0 amide bonds. The Kier molecular flexibility index (Phi) is 4.97. The van der Waals surface area contributed by atoms with Crippen molar-refractivity contribution in [3.63, 3.8) is 0 Å². The third-order valence-electron chi connectivity index (χ3n) is 3.63. The van der Waals surface area contributed by atoms with Gasteiger partial charge in [-0.25, -0.2) is 13.1 Å². The fourth-order valence-electron chi connectivity index (χ4n) is 2.37. The van der Waals surface area contributed by atoms with Gasteiger partial charge in [-0.2, -0.15) is 0 Å². The Hall–Kier alpha value is -1.44. The van der Waals surface area contributed by atoms with E-state index in [0.717, 1.165) is 25.9 Å². The molecule has 116 valence electrons. The topological polar surface area (TPSA) is 86.7 Å². The second-order valence-electron chi connectivity index (χ2n) is 5.41. The number of hydrogen-bond acceptors (Lipinski definition) is 4. The van der Waals surface area contributed by atoms with E-state index < -0.39 is 16.0 Å². The van der Waals surface area contributed by atoms with Crippen LogP contribution in [-0.2, 0) is 21.2 Å². The van der Waals surface area contributed by atoms with Gasteiger partial charge in [0.25, 0.3) is 0 Å². The molecule has 1 aliphatic rings. The van der Waals surface area contributed by atoms with Crippen LogP contribution in [0.1, 0.15) is 18.4 Å². The Labute approximate surface area is 124 Å². The lowest BCUT2D eigenvalue weighted by Crippen LogP contribution is -2.43. The first-order chi connectivity index (χ1) is 9.87. The van der Waals surface area contributed by atoms with Crippen molar-refractivity contribution < 1.29 is 18.3 Å². The zero-order valence-electron chi connectivity index (χ0n) is 11.9. The minimum atomic E-state index is -3.54. The van der Waals surface area contributed by atoms with E-state index in [4.69, 9.17) is 5.11 Å². The molecule has 0 bridgehead atoms. The van der Waals surface area contributed by atoms with Crippen molar-refractivity contribution in [2.24, 2.45) is 0 Å². The van der Waals surface area contributed by atoms with Crippen LogP contribution >= 0.6 is 0 Å². The third kappa shape index (κ3) is 4.52. The van der Waals surface area contributed by atoms with Crippen molar-refractivity contribution in [1.29, 1.82) is 0 Å². The molecule has 2 rings (SSSR count). The molecule has 0 unspecified atom stereocenters. The molecule has 1 aromatic rings. The van der Waals surface area contributed by atoms with Crippen LogP contribution in [0.4, 0.5) is 0 Å². The summed E-state index contributed by atoms with van der Waals surface area (Å²) in [6.07, 6.45) is 1.49. The summed E-state index contributed by atoms with van der Waals surface area (Å²) < 4.78 is 27.3. The van der Waals surface area contributed by atoms with Gasteiger partial charge in [0, 0.05) is 6.04 Å². The van der Waals surface area contributed by atoms with E-state index in [9.17, 15) is 13.2 Å². The molecular formula is C14H20N2O4S. The van der Waals surface area contributed by atoms with Crippen LogP contribution in [0.5, 0.6) is 0 Å². The summed E-state index contributed by atoms with van der Waals surface area (Å²) in [5.74, 6) is -0.935. The Bertz CT molecular complexity index is 590. The number of likely N-dealkylation sites (tertiary alicyclic amines) is 1. The Morgan fingerprint density at radius 1 is 1.29 bits per heavy atom. The van der Waals surface area contributed by atoms with Crippen molar-refractivity contribution in [2.75, 3.05) is 20.1 Å². The van der Waals surface area contributed by atoms with Crippen molar-refractivity contribution in [2.45, 2.75) is 30.2 Å². The van der Waals surface area contributed by atoms with E-state index in [1.54, 1.807) is 0 Å². The van der Waals surface area contributed by atoms with E-state index in [2.05, 4.69) is 9.62 Å². The van der Waals surface area contributed by atoms with Crippen molar-refractivity contribution in [3.05, 3.63) is 29.8 Å². The first-order valence-corrected chi connectivity index (χ1v) is 8.37. The van der Waals surface area contributed by atoms with Gasteiger partial charge in [0.15, 0.2) is 0 Å². The highest BCUT2D eigenvalue weighted by atomic mass is 32.2. The maximum absolute atomic E-state index is 12.3. The van der Waals surface area contributed by atoms with Crippen LogP contribution in [0.3, 0.4) is 0 Å². The number of aliphatic carboxylic acids is 1. The summed E-state index contributed by atoms with van der Waals surface area (Å²) in [5, 5.41) is 8.70. The Morgan fingerprint density at radius 3 is 2.38 bits per heavy atom. The van der Waals surface area contributed by atoms with Gasteiger partial charge in [0.1, 0.15) is 0 Å². The number of rotatable bonds is 5. The summed E-state index contributed by atoms with van der Waals surface area (Å²) >= 11 is 0. The van der Waals surface area contributed by atoms with Crippen molar-refractivity contribution in [1.82, 2.24) is 9.62 Å². The fourth-order valence-corrected chi connectivity index (χ4v) is 3.68. The minimum absolute atomic E-state index is 0.0371. The molecule has 1 heterocycles. The van der Waals surface area contributed by atoms with Gasteiger partial charge in [-0.15, -0.1) is 0 Å². The molecule has 21 heavy (non-hydrogen) atoms. The number of carboxylic acid groups (broad SMARTS) is 1. The van der Waals surface area contributed by atoms with Gasteiger partial charge in [-0.3, -0.25) is 4.79 Å². The summed E-state index contributed by atoms with van der Waals surface area (Å²) in [7, 11) is -1.52. The maximum Gasteiger partial charge on any atom is 0.307 e. The maximum atomic E-state index is 12.3. The predicted molar refractivity (Wildman–Crippen MR) is 78.6 cm³/mol. The lowest BCUT2D eigenvalue weighted by molar-refractivity contribution is -0.136. The first-order valence-electron chi connectivity index (χ1n) is 6.88. The molecule has 6 nitrogen and oxygen atoms in total. The molecule has 0 spiro atoms. The Morgan fingerprint density at radius 2 is 1.86 bits per heavy atom. The average Bonchev–Trinajstić information content (AvgIpc) is 2.41. The largest absolute Gasteiger partial charge is 0.481 e. The van der Waals surface area contributed by atoms with Gasteiger partial charge in [0.2, 0.25) is 10.0 Å². The number of piperidine rings is 1. The van der Waals surface area contributed by atoms with Gasteiger partial charge in [0.05, 0.1) is 11.3 Å². The number of carbonyl (C=O) groups is 1. The van der Waals surface area contributed by atoms with E-state index in [-0.39, 0.29) is 17.4 Å². The second kappa shape index (κ2) is 6.55. The molecule has 2 N–H and O–H groups in total. The second-order valence-corrected chi connectivity index (χ2v) is 7.13. The van der Waals surface area contributed by atoms with E-state index in [1.165, 1.54) is 24.3 Å². The highest BCUT2D eigenvalue weighted by molar-refractivity contribution is 7.89. The minimum Gasteiger partial charge on any atom is -0.481 e. The van der Waals surface area contributed by atoms with Crippen molar-refractivity contribution in [3.8, 4) is 0 Å². The predicted octanol–water partition coefficient (Wildman–Crippen LogP) is 0.686. The third-order valence-corrected chi connectivity index (χ3v) is 5.17. The van der Waals surface area contributed by atoms with Gasteiger partial charge in [-0.1, -0.05) is 12.1 Å². The normalized spacial score (nSPS) is 17.8. The molecule has 0 atom stereocenters. The average molecular weight is 312 g/mol. The summed E-state index contributed by atoms with van der Waals surface area (Å²) in [6, 6.07) is 5.95. The lowest BCUT2D eigenvalue weighted by Gasteiger charge is -2.29. The molecular weight excluding hydrogens is 292 g/mol. The van der Waals surface area contributed by atoms with E-state index >= 15 is 0 Å². The summed E-state index contributed by atoms with van der Waals surface area (Å²) in [6.45, 7) is 1.76. The number of nitrogens with zero attached hydrogens (tertiary/aromatic N) is 1. The summed E-state index contributed by atoms with van der Waals surface area (Å²) in [4.78, 5) is 13.0. The molecule has 1 aliphatic heterocycles. The van der Waals surface area contributed by atoms with E-state index in [1.807, 2.05) is 7.05 Å². The standard InChI is InChI=1S/C14H20N2O4S/c1-16-8-6-12(7-9-16)15-21(19,20)13-4-2-11(3-5-13)10-14(17)18/h2-5,12,15H,6-10H2,1H3,(H,17,18). The molecule has 1 fully saturated rings. The van der Waals surface area contributed by atoms with Crippen LogP contribution < -0.4 is 4.72 Å². The number of sulfonamides is 1. The summed E-state index contributed by atoms with van der Waals surface area (Å²) in [5.41, 5.74) is 0.584. The Balaban J connectivity index is 2.03. The number of carboxylic acids is 1. The van der Waals surface area contributed by atoms with Crippen LogP contribution in [0, 0.1) is 0 Å². The van der Waals surface area contributed by atoms with E-state index in [0.29, 0.717) is 5.56 Å². The zero-order valence-corrected chi connectivity index (χ0v) is 12.8. The number of nitrogens with one attached hydrogen (secondary N) is 1. The van der Waals surface area contributed by atoms with Gasteiger partial charge >= 0.3 is 5.97 Å². The van der Waals surface area contributed by atoms with Crippen LogP contribution in [0.25, 0.3) is 0 Å². The molecule has 0 saturated carbocycles. The van der Waals surface area contributed by atoms with Crippen LogP contribution in [-0.4, -0.2) is 50.6 Å². The SMILES string of the molecule is CN1CCC(NS(=O)(=O)c2ccc(CC(=O)O)cc2)CC1. The quantitative estimate of drug-likeness (QED) is 0.835. The molecule has 0 aliphatic carbocycles. The molecule has 7 heteroatoms. The molecule has 1 saturated heterocycles. The van der Waals surface area contributed by atoms with Crippen LogP contribution in [0.2, 0.25) is 0 Å². The fraction of sp³-hybridized carbons (Fsp3) is 0.500. The van der Waals surface area contributed by atoms with Crippen LogP contribution in [0.15, 0.2) is 29.2 Å². The lowest BCUT2D eigenvalue weighted by atomic mass is 10.1. The molecule has 0 radical (unpaired) electrons. The highest BCUT2D eigenvalue weighted by Crippen LogP contribution is 2.15. The monoisotopic (exact) mass is 312 g/mol. The highest BCUT2D eigenvalue weighted by Gasteiger charge is 2.23. The smallest absolute Gasteiger partial charge is 0.307 e. The van der Waals surface area contributed by atoms with Gasteiger partial charge < -0.3 is 10.0 Å². The number of hydrogen-bond donors (Lipinski definition) is 2. The molecule has 0 aromatic heterocycles. The first kappa shape index (κ1) is 15.9. The van der Waals surface area contributed by atoms with Crippen molar-refractivity contribution >= 4 is 16.0 Å². The zero-order chi connectivity index (χ0) is 15.5. The molecule has 1 aromatic carbocycles.